The number of hydrogen-bond acceptors (Lipinski definition) is 4. The molecule has 0 atom stereocenters. The van der Waals surface area contributed by atoms with Crippen molar-refractivity contribution in [1.82, 2.24) is 4.98 Å². The quantitative estimate of drug-likeness (QED) is 0.785. The highest BCUT2D eigenvalue weighted by Gasteiger charge is 2.20. The molecule has 6 heteroatoms. The number of nitrogens with zero attached hydrogens (tertiary/aromatic N) is 1. The van der Waals surface area contributed by atoms with Crippen LogP contribution in [0, 0.1) is 12.7 Å². The first-order valence-electron chi connectivity index (χ1n) is 7.24. The van der Waals surface area contributed by atoms with E-state index in [2.05, 4.69) is 10.3 Å². The molecule has 1 aromatic heterocycles. The minimum absolute atomic E-state index is 0.0749. The Morgan fingerprint density at radius 3 is 2.79 bits per heavy atom. The second-order valence-electron chi connectivity index (χ2n) is 5.15. The van der Waals surface area contributed by atoms with Crippen LogP contribution in [-0.4, -0.2) is 18.0 Å². The molecule has 1 amide bonds. The van der Waals surface area contributed by atoms with Gasteiger partial charge in [-0.15, -0.1) is 0 Å². The predicted molar refractivity (Wildman–Crippen MR) is 87.6 cm³/mol. The fourth-order valence-electron chi connectivity index (χ4n) is 2.39. The number of amides is 1. The molecule has 0 spiro atoms. The molecule has 0 fully saturated rings. The summed E-state index contributed by atoms with van der Waals surface area (Å²) in [5, 5.41) is 2.78. The van der Waals surface area contributed by atoms with Crippen molar-refractivity contribution in [3.63, 3.8) is 0 Å². The molecule has 0 aliphatic heterocycles. The maximum atomic E-state index is 13.4. The van der Waals surface area contributed by atoms with Crippen molar-refractivity contribution in [2.75, 3.05) is 12.4 Å². The third-order valence-corrected chi connectivity index (χ3v) is 3.56. The Balaban J connectivity index is 1.94. The topological polar surface area (TPSA) is 64.4 Å². The van der Waals surface area contributed by atoms with Crippen LogP contribution in [0.25, 0.3) is 11.3 Å². The second-order valence-corrected chi connectivity index (χ2v) is 5.15. The molecule has 2 aromatic carbocycles. The zero-order valence-electron chi connectivity index (χ0n) is 13.2. The van der Waals surface area contributed by atoms with E-state index in [9.17, 15) is 9.18 Å². The van der Waals surface area contributed by atoms with Crippen LogP contribution in [0.1, 0.15) is 16.1 Å². The van der Waals surface area contributed by atoms with E-state index < -0.39 is 11.7 Å². The molecule has 0 unspecified atom stereocenters. The van der Waals surface area contributed by atoms with Gasteiger partial charge in [0.1, 0.15) is 11.6 Å². The Morgan fingerprint density at radius 2 is 2.04 bits per heavy atom. The molecule has 3 aromatic rings. The summed E-state index contributed by atoms with van der Waals surface area (Å²) in [7, 11) is 1.53. The van der Waals surface area contributed by atoms with E-state index in [-0.39, 0.29) is 11.5 Å². The van der Waals surface area contributed by atoms with Crippen LogP contribution in [0.15, 0.2) is 53.3 Å². The first-order valence-corrected chi connectivity index (χ1v) is 7.24. The van der Waals surface area contributed by atoms with Crippen LogP contribution in [0.5, 0.6) is 5.75 Å². The van der Waals surface area contributed by atoms with Gasteiger partial charge in [0.25, 0.3) is 5.91 Å². The zero-order valence-corrected chi connectivity index (χ0v) is 13.2. The maximum absolute atomic E-state index is 13.4. The van der Waals surface area contributed by atoms with E-state index in [0.717, 1.165) is 12.0 Å². The Labute approximate surface area is 138 Å². The summed E-state index contributed by atoms with van der Waals surface area (Å²) >= 11 is 0. The lowest BCUT2D eigenvalue weighted by molar-refractivity contribution is 0.102. The molecule has 24 heavy (non-hydrogen) atoms. The molecular formula is C18H15FN2O3. The molecule has 0 aliphatic carbocycles. The van der Waals surface area contributed by atoms with Gasteiger partial charge in [-0.2, -0.15) is 0 Å². The molecular weight excluding hydrogens is 311 g/mol. The first-order chi connectivity index (χ1) is 11.6. The number of nitrogens with one attached hydrogen (secondary N) is 1. The lowest BCUT2D eigenvalue weighted by Crippen LogP contribution is -2.15. The minimum Gasteiger partial charge on any atom is -0.495 e. The number of aryl methyl sites for hydroxylation is 1. The number of para-hydroxylation sites is 1. The van der Waals surface area contributed by atoms with Crippen molar-refractivity contribution >= 4 is 11.6 Å². The van der Waals surface area contributed by atoms with Gasteiger partial charge in [0, 0.05) is 5.56 Å². The summed E-state index contributed by atoms with van der Waals surface area (Å²) in [5.74, 6) is -0.134. The van der Waals surface area contributed by atoms with Gasteiger partial charge in [-0.05, 0) is 30.7 Å². The summed E-state index contributed by atoms with van der Waals surface area (Å²) in [6.07, 6.45) is 1.16. The average molecular weight is 326 g/mol. The van der Waals surface area contributed by atoms with E-state index in [4.69, 9.17) is 9.15 Å². The van der Waals surface area contributed by atoms with E-state index in [1.807, 2.05) is 19.1 Å². The Bertz CT molecular complexity index is 889. The van der Waals surface area contributed by atoms with Gasteiger partial charge in [0.2, 0.25) is 0 Å². The van der Waals surface area contributed by atoms with Crippen molar-refractivity contribution < 1.29 is 18.3 Å². The molecule has 0 saturated heterocycles. The van der Waals surface area contributed by atoms with E-state index >= 15 is 0 Å². The number of rotatable bonds is 4. The third-order valence-electron chi connectivity index (χ3n) is 3.56. The van der Waals surface area contributed by atoms with Gasteiger partial charge >= 0.3 is 0 Å². The van der Waals surface area contributed by atoms with Crippen molar-refractivity contribution in [3.8, 4) is 17.1 Å². The van der Waals surface area contributed by atoms with Crippen LogP contribution in [0.2, 0.25) is 0 Å². The van der Waals surface area contributed by atoms with E-state index in [0.29, 0.717) is 17.0 Å². The molecule has 0 bridgehead atoms. The van der Waals surface area contributed by atoms with Gasteiger partial charge in [-0.1, -0.05) is 24.3 Å². The molecule has 1 heterocycles. The van der Waals surface area contributed by atoms with Crippen molar-refractivity contribution in [2.45, 2.75) is 6.92 Å². The van der Waals surface area contributed by atoms with E-state index in [1.165, 1.54) is 19.2 Å². The number of methoxy groups -OCH3 is 1. The largest absolute Gasteiger partial charge is 0.495 e. The second kappa shape index (κ2) is 6.54. The number of benzene rings is 2. The van der Waals surface area contributed by atoms with Gasteiger partial charge in [-0.25, -0.2) is 9.37 Å². The molecule has 5 nitrogen and oxygen atoms in total. The number of hydrogen-bond donors (Lipinski definition) is 1. The highest BCUT2D eigenvalue weighted by molar-refractivity contribution is 6.07. The Kier molecular flexibility index (Phi) is 4.29. The SMILES string of the molecule is COc1cccc(C)c1NC(=O)c1ncoc1-c1cccc(F)c1. The van der Waals surface area contributed by atoms with Crippen LogP contribution >= 0.6 is 0 Å². The number of halogens is 1. The Morgan fingerprint density at radius 1 is 1.25 bits per heavy atom. The molecule has 0 radical (unpaired) electrons. The number of oxazole rings is 1. The highest BCUT2D eigenvalue weighted by Crippen LogP contribution is 2.29. The molecule has 122 valence electrons. The summed E-state index contributed by atoms with van der Waals surface area (Å²) < 4.78 is 24.0. The average Bonchev–Trinajstić information content (AvgIpc) is 3.06. The highest BCUT2D eigenvalue weighted by atomic mass is 19.1. The number of carbonyl (C=O) groups excluding carboxylic acids is 1. The van der Waals surface area contributed by atoms with Gasteiger partial charge in [0.15, 0.2) is 17.8 Å². The van der Waals surface area contributed by atoms with Crippen LogP contribution in [0.4, 0.5) is 10.1 Å². The van der Waals surface area contributed by atoms with E-state index in [1.54, 1.807) is 18.2 Å². The van der Waals surface area contributed by atoms with Crippen LogP contribution in [0.3, 0.4) is 0 Å². The smallest absolute Gasteiger partial charge is 0.278 e. The monoisotopic (exact) mass is 326 g/mol. The molecule has 3 rings (SSSR count). The fourth-order valence-corrected chi connectivity index (χ4v) is 2.39. The summed E-state index contributed by atoms with van der Waals surface area (Å²) in [6, 6.07) is 11.2. The number of anilines is 1. The van der Waals surface area contributed by atoms with Crippen molar-refractivity contribution in [3.05, 3.63) is 65.9 Å². The van der Waals surface area contributed by atoms with Gasteiger partial charge < -0.3 is 14.5 Å². The van der Waals surface area contributed by atoms with Gasteiger partial charge in [0.05, 0.1) is 12.8 Å². The summed E-state index contributed by atoms with van der Waals surface area (Å²) in [6.45, 7) is 1.86. The predicted octanol–water partition coefficient (Wildman–Crippen LogP) is 4.05. The minimum atomic E-state index is -0.462. The summed E-state index contributed by atoms with van der Waals surface area (Å²) in [5.41, 5.74) is 1.91. The lowest BCUT2D eigenvalue weighted by atomic mass is 10.1. The maximum Gasteiger partial charge on any atom is 0.278 e. The standard InChI is InChI=1S/C18H15FN2O3/c1-11-5-3-8-14(23-2)15(11)21-18(22)16-17(24-10-20-16)12-6-4-7-13(19)9-12/h3-10H,1-2H3,(H,21,22). The van der Waals surface area contributed by atoms with Crippen LogP contribution < -0.4 is 10.1 Å². The van der Waals surface area contributed by atoms with Gasteiger partial charge in [-0.3, -0.25) is 4.79 Å². The number of carbonyl (C=O) groups is 1. The summed E-state index contributed by atoms with van der Waals surface area (Å²) in [4.78, 5) is 16.6. The van der Waals surface area contributed by atoms with Crippen LogP contribution in [-0.2, 0) is 0 Å². The Hall–Kier alpha value is -3.15. The normalized spacial score (nSPS) is 10.5. The molecule has 0 aliphatic rings. The lowest BCUT2D eigenvalue weighted by Gasteiger charge is -2.12. The fraction of sp³-hybridized carbons (Fsp3) is 0.111. The van der Waals surface area contributed by atoms with Crippen molar-refractivity contribution in [2.24, 2.45) is 0 Å². The number of aromatic nitrogens is 1. The third kappa shape index (κ3) is 2.99. The number of ether oxygens (including phenoxy) is 1. The zero-order chi connectivity index (χ0) is 17.1. The van der Waals surface area contributed by atoms with Crippen molar-refractivity contribution in [1.29, 1.82) is 0 Å². The first kappa shape index (κ1) is 15.7. The molecule has 0 saturated carbocycles. The molecule has 1 N–H and O–H groups in total.